The van der Waals surface area contributed by atoms with Gasteiger partial charge in [0.05, 0.1) is 10.9 Å². The Morgan fingerprint density at radius 3 is 2.71 bits per heavy atom. The summed E-state index contributed by atoms with van der Waals surface area (Å²) < 4.78 is 0. The molecular formula is C14H13NO2. The molecule has 1 aliphatic carbocycles. The fraction of sp³-hybridized carbons (Fsp3) is 0.286. The molecule has 86 valence electrons. The van der Waals surface area contributed by atoms with Crippen molar-refractivity contribution in [2.45, 2.75) is 25.2 Å². The number of aliphatic carboxylic acids is 1. The van der Waals surface area contributed by atoms with Gasteiger partial charge >= 0.3 is 5.97 Å². The van der Waals surface area contributed by atoms with Crippen molar-refractivity contribution in [2.75, 3.05) is 0 Å². The first-order chi connectivity index (χ1) is 8.13. The lowest BCUT2D eigenvalue weighted by Gasteiger charge is -2.14. The van der Waals surface area contributed by atoms with E-state index in [2.05, 4.69) is 4.98 Å². The van der Waals surface area contributed by atoms with Crippen LogP contribution in [0.3, 0.4) is 0 Å². The number of carboxylic acids is 1. The monoisotopic (exact) mass is 227 g/mol. The number of carboxylic acid groups (broad SMARTS) is 1. The highest BCUT2D eigenvalue weighted by atomic mass is 16.4. The minimum atomic E-state index is -0.715. The highest BCUT2D eigenvalue weighted by Crippen LogP contribution is 2.50. The van der Waals surface area contributed by atoms with Gasteiger partial charge in [-0.1, -0.05) is 18.2 Å². The lowest BCUT2D eigenvalue weighted by atomic mass is 9.92. The summed E-state index contributed by atoms with van der Waals surface area (Å²) in [7, 11) is 0. The second-order valence-corrected chi connectivity index (χ2v) is 4.72. The Hall–Kier alpha value is -1.90. The highest BCUT2D eigenvalue weighted by Gasteiger charge is 2.52. The van der Waals surface area contributed by atoms with Gasteiger partial charge in [0.25, 0.3) is 0 Å². The summed E-state index contributed by atoms with van der Waals surface area (Å²) in [6.45, 7) is 1.91. The molecule has 0 saturated heterocycles. The number of para-hydroxylation sites is 1. The van der Waals surface area contributed by atoms with Crippen LogP contribution in [0.25, 0.3) is 10.9 Å². The van der Waals surface area contributed by atoms with Crippen LogP contribution in [0.2, 0.25) is 0 Å². The van der Waals surface area contributed by atoms with Gasteiger partial charge in [-0.05, 0) is 37.5 Å². The molecule has 3 nitrogen and oxygen atoms in total. The Kier molecular flexibility index (Phi) is 1.99. The van der Waals surface area contributed by atoms with Crippen molar-refractivity contribution >= 4 is 16.9 Å². The van der Waals surface area contributed by atoms with Crippen molar-refractivity contribution in [3.05, 3.63) is 41.6 Å². The first kappa shape index (κ1) is 10.3. The molecule has 1 N–H and O–H groups in total. The standard InChI is InChI=1S/C14H13NO2/c1-9-8-11(14(6-7-14)13(16)17)10-4-2-3-5-12(10)15-9/h2-5,8H,6-7H2,1H3,(H,16,17). The number of hydrogen-bond donors (Lipinski definition) is 1. The first-order valence-corrected chi connectivity index (χ1v) is 5.74. The minimum absolute atomic E-state index is 0.659. The number of hydrogen-bond acceptors (Lipinski definition) is 2. The Morgan fingerprint density at radius 1 is 1.35 bits per heavy atom. The number of rotatable bonds is 2. The lowest BCUT2D eigenvalue weighted by molar-refractivity contribution is -0.139. The van der Waals surface area contributed by atoms with Gasteiger partial charge < -0.3 is 5.11 Å². The Labute approximate surface area is 99.1 Å². The van der Waals surface area contributed by atoms with Crippen LogP contribution in [-0.4, -0.2) is 16.1 Å². The van der Waals surface area contributed by atoms with Gasteiger partial charge in [0.1, 0.15) is 0 Å². The second kappa shape index (κ2) is 3.29. The first-order valence-electron chi connectivity index (χ1n) is 5.74. The van der Waals surface area contributed by atoms with Gasteiger partial charge in [0, 0.05) is 11.1 Å². The summed E-state index contributed by atoms with van der Waals surface area (Å²) >= 11 is 0. The van der Waals surface area contributed by atoms with Crippen molar-refractivity contribution < 1.29 is 9.90 Å². The number of nitrogens with zero attached hydrogens (tertiary/aromatic N) is 1. The maximum atomic E-state index is 11.4. The molecule has 0 unspecified atom stereocenters. The number of carbonyl (C=O) groups is 1. The normalized spacial score (nSPS) is 17.0. The Morgan fingerprint density at radius 2 is 2.06 bits per heavy atom. The molecule has 3 rings (SSSR count). The lowest BCUT2D eigenvalue weighted by Crippen LogP contribution is -2.20. The van der Waals surface area contributed by atoms with E-state index < -0.39 is 11.4 Å². The summed E-state index contributed by atoms with van der Waals surface area (Å²) in [5, 5.41) is 10.4. The third kappa shape index (κ3) is 1.42. The summed E-state index contributed by atoms with van der Waals surface area (Å²) in [6, 6.07) is 9.67. The molecule has 0 amide bonds. The third-order valence-corrected chi connectivity index (χ3v) is 3.52. The number of aromatic nitrogens is 1. The minimum Gasteiger partial charge on any atom is -0.481 e. The number of aryl methyl sites for hydroxylation is 1. The molecule has 0 atom stereocenters. The molecule has 0 aliphatic heterocycles. The molecule has 0 radical (unpaired) electrons. The zero-order chi connectivity index (χ0) is 12.0. The van der Waals surface area contributed by atoms with Crippen LogP contribution in [0.4, 0.5) is 0 Å². The van der Waals surface area contributed by atoms with Crippen molar-refractivity contribution in [2.24, 2.45) is 0 Å². The maximum absolute atomic E-state index is 11.4. The van der Waals surface area contributed by atoms with Gasteiger partial charge in [-0.3, -0.25) is 9.78 Å². The average Bonchev–Trinajstić information content (AvgIpc) is 3.09. The van der Waals surface area contributed by atoms with E-state index in [0.717, 1.165) is 35.0 Å². The van der Waals surface area contributed by atoms with Crippen LogP contribution < -0.4 is 0 Å². The van der Waals surface area contributed by atoms with Gasteiger partial charge in [-0.25, -0.2) is 0 Å². The van der Waals surface area contributed by atoms with E-state index in [1.807, 2.05) is 37.3 Å². The topological polar surface area (TPSA) is 50.2 Å². The van der Waals surface area contributed by atoms with Crippen LogP contribution in [0.1, 0.15) is 24.1 Å². The number of benzene rings is 1. The number of pyridine rings is 1. The van der Waals surface area contributed by atoms with E-state index in [4.69, 9.17) is 0 Å². The van der Waals surface area contributed by atoms with E-state index in [0.29, 0.717) is 0 Å². The zero-order valence-corrected chi connectivity index (χ0v) is 9.60. The SMILES string of the molecule is Cc1cc(C2(C(=O)O)CC2)c2ccccc2n1. The molecule has 2 aromatic rings. The summed E-state index contributed by atoms with van der Waals surface area (Å²) in [4.78, 5) is 15.9. The zero-order valence-electron chi connectivity index (χ0n) is 9.60. The average molecular weight is 227 g/mol. The van der Waals surface area contributed by atoms with Crippen LogP contribution in [0, 0.1) is 6.92 Å². The Bertz CT molecular complexity index is 615. The van der Waals surface area contributed by atoms with Gasteiger partial charge in [-0.15, -0.1) is 0 Å². The van der Waals surface area contributed by atoms with Gasteiger partial charge in [0.15, 0.2) is 0 Å². The van der Waals surface area contributed by atoms with Crippen LogP contribution >= 0.6 is 0 Å². The molecule has 17 heavy (non-hydrogen) atoms. The molecule has 1 aromatic carbocycles. The summed E-state index contributed by atoms with van der Waals surface area (Å²) in [6.07, 6.45) is 1.46. The largest absolute Gasteiger partial charge is 0.481 e. The van der Waals surface area contributed by atoms with Crippen LogP contribution in [0.15, 0.2) is 30.3 Å². The maximum Gasteiger partial charge on any atom is 0.314 e. The Balaban J connectivity index is 2.32. The van der Waals surface area contributed by atoms with Crippen molar-refractivity contribution in [1.29, 1.82) is 0 Å². The molecule has 1 aliphatic rings. The summed E-state index contributed by atoms with van der Waals surface area (Å²) in [5.41, 5.74) is 2.03. The highest BCUT2D eigenvalue weighted by molar-refractivity contribution is 5.93. The fourth-order valence-corrected chi connectivity index (χ4v) is 2.43. The van der Waals surface area contributed by atoms with E-state index in [1.165, 1.54) is 0 Å². The predicted octanol–water partition coefficient (Wildman–Crippen LogP) is 2.66. The number of fused-ring (bicyclic) bond motifs is 1. The quantitative estimate of drug-likeness (QED) is 0.858. The second-order valence-electron chi connectivity index (χ2n) is 4.72. The molecule has 0 bridgehead atoms. The fourth-order valence-electron chi connectivity index (χ4n) is 2.43. The molecular weight excluding hydrogens is 214 g/mol. The summed E-state index contributed by atoms with van der Waals surface area (Å²) in [5.74, 6) is -0.715. The van der Waals surface area contributed by atoms with E-state index in [1.54, 1.807) is 0 Å². The molecule has 1 saturated carbocycles. The molecule has 3 heteroatoms. The van der Waals surface area contributed by atoms with E-state index in [-0.39, 0.29) is 0 Å². The van der Waals surface area contributed by atoms with Crippen molar-refractivity contribution in [3.8, 4) is 0 Å². The van der Waals surface area contributed by atoms with Crippen molar-refractivity contribution in [1.82, 2.24) is 4.98 Å². The van der Waals surface area contributed by atoms with E-state index >= 15 is 0 Å². The van der Waals surface area contributed by atoms with Crippen LogP contribution in [0.5, 0.6) is 0 Å². The molecule has 0 spiro atoms. The smallest absolute Gasteiger partial charge is 0.314 e. The van der Waals surface area contributed by atoms with Crippen molar-refractivity contribution in [3.63, 3.8) is 0 Å². The van der Waals surface area contributed by atoms with Gasteiger partial charge in [0.2, 0.25) is 0 Å². The predicted molar refractivity (Wildman–Crippen MR) is 65.0 cm³/mol. The molecule has 1 heterocycles. The molecule has 1 fully saturated rings. The van der Waals surface area contributed by atoms with E-state index in [9.17, 15) is 9.90 Å². The third-order valence-electron chi connectivity index (χ3n) is 3.52. The molecule has 1 aromatic heterocycles. The van der Waals surface area contributed by atoms with Gasteiger partial charge in [-0.2, -0.15) is 0 Å². The van der Waals surface area contributed by atoms with Crippen LogP contribution in [-0.2, 0) is 10.2 Å².